The standard InChI is InChI=1S/C12H17NO2S.C8H15NO.H2/c1-11-6-5-7-12(10-11)16(14,15)13-8-3-2-4-9-13;10-7-9-8-5-3-1-2-4-6-8;/h5-7,10H,2-4,8-9H2,1H3;7-8H,1-6H2,(H,9,10);1H. The van der Waals surface area contributed by atoms with Crippen LogP contribution in [-0.4, -0.2) is 38.3 Å². The molecule has 0 spiro atoms. The van der Waals surface area contributed by atoms with Crippen LogP contribution in [0.3, 0.4) is 0 Å². The van der Waals surface area contributed by atoms with Gasteiger partial charge in [0.2, 0.25) is 16.4 Å². The molecule has 1 amide bonds. The average molecular weight is 383 g/mol. The molecule has 6 heteroatoms. The van der Waals surface area contributed by atoms with Crippen molar-refractivity contribution >= 4 is 16.4 Å². The minimum atomic E-state index is -3.25. The Balaban J connectivity index is 0.000000288. The lowest BCUT2D eigenvalue weighted by Crippen LogP contribution is -2.35. The molecule has 1 saturated carbocycles. The van der Waals surface area contributed by atoms with E-state index < -0.39 is 10.0 Å². The Morgan fingerprint density at radius 2 is 1.65 bits per heavy atom. The number of carbonyl (C=O) groups is 1. The van der Waals surface area contributed by atoms with Crippen molar-refractivity contribution in [3.8, 4) is 0 Å². The molecule has 0 radical (unpaired) electrons. The molecule has 0 atom stereocenters. The van der Waals surface area contributed by atoms with Crippen molar-refractivity contribution in [2.45, 2.75) is 75.6 Å². The summed E-state index contributed by atoms with van der Waals surface area (Å²) in [6, 6.07) is 7.60. The van der Waals surface area contributed by atoms with E-state index in [1.54, 1.807) is 22.5 Å². The van der Waals surface area contributed by atoms with Crippen molar-refractivity contribution in [1.29, 1.82) is 0 Å². The lowest BCUT2D eigenvalue weighted by molar-refractivity contribution is -0.110. The van der Waals surface area contributed by atoms with Gasteiger partial charge in [-0.1, -0.05) is 44.2 Å². The molecule has 0 unspecified atom stereocenters. The van der Waals surface area contributed by atoms with Gasteiger partial charge in [0.15, 0.2) is 0 Å². The molecule has 1 N–H and O–H groups in total. The van der Waals surface area contributed by atoms with Gasteiger partial charge < -0.3 is 5.32 Å². The monoisotopic (exact) mass is 382 g/mol. The van der Waals surface area contributed by atoms with E-state index >= 15 is 0 Å². The highest BCUT2D eigenvalue weighted by Gasteiger charge is 2.25. The zero-order chi connectivity index (χ0) is 18.8. The van der Waals surface area contributed by atoms with Crippen LogP contribution in [0, 0.1) is 6.92 Å². The molecule has 2 fully saturated rings. The third kappa shape index (κ3) is 6.40. The van der Waals surface area contributed by atoms with E-state index in [1.165, 1.54) is 38.5 Å². The van der Waals surface area contributed by atoms with E-state index in [2.05, 4.69) is 5.32 Å². The van der Waals surface area contributed by atoms with Gasteiger partial charge >= 0.3 is 0 Å². The molecule has 2 aliphatic rings. The molecule has 1 aliphatic carbocycles. The van der Waals surface area contributed by atoms with Gasteiger partial charge in [-0.05, 0) is 50.3 Å². The smallest absolute Gasteiger partial charge is 0.243 e. The Hall–Kier alpha value is -1.40. The first-order valence-electron chi connectivity index (χ1n) is 9.80. The fourth-order valence-electron chi connectivity index (χ4n) is 3.57. The second kappa shape index (κ2) is 10.7. The van der Waals surface area contributed by atoms with Crippen LogP contribution in [0.5, 0.6) is 0 Å². The number of nitrogens with one attached hydrogen (secondary N) is 1. The first kappa shape index (κ1) is 20.9. The van der Waals surface area contributed by atoms with E-state index in [0.29, 0.717) is 24.0 Å². The molecule has 26 heavy (non-hydrogen) atoms. The molecule has 1 aliphatic heterocycles. The molecule has 0 aromatic heterocycles. The lowest BCUT2D eigenvalue weighted by atomic mass is 10.1. The predicted octanol–water partition coefficient (Wildman–Crippen LogP) is 3.87. The highest BCUT2D eigenvalue weighted by molar-refractivity contribution is 7.89. The first-order chi connectivity index (χ1) is 12.5. The molecule has 1 heterocycles. The quantitative estimate of drug-likeness (QED) is 0.635. The van der Waals surface area contributed by atoms with Gasteiger partial charge in [-0.25, -0.2) is 8.42 Å². The first-order valence-corrected chi connectivity index (χ1v) is 11.2. The zero-order valence-corrected chi connectivity index (χ0v) is 16.6. The van der Waals surface area contributed by atoms with Crippen LogP contribution >= 0.6 is 0 Å². The summed E-state index contributed by atoms with van der Waals surface area (Å²) in [4.78, 5) is 10.5. The van der Waals surface area contributed by atoms with Crippen LogP contribution in [0.4, 0.5) is 0 Å². The summed E-state index contributed by atoms with van der Waals surface area (Å²) < 4.78 is 26.1. The Labute approximate surface area is 159 Å². The van der Waals surface area contributed by atoms with Crippen LogP contribution in [0.1, 0.15) is 64.8 Å². The number of amides is 1. The fourth-order valence-corrected chi connectivity index (χ4v) is 5.19. The van der Waals surface area contributed by atoms with Crippen molar-refractivity contribution in [1.82, 2.24) is 9.62 Å². The number of piperidine rings is 1. The molecule has 3 rings (SSSR count). The maximum atomic E-state index is 12.3. The largest absolute Gasteiger partial charge is 0.356 e. The van der Waals surface area contributed by atoms with Crippen LogP contribution in [0.25, 0.3) is 0 Å². The Kier molecular flexibility index (Phi) is 8.59. The molecule has 0 bridgehead atoms. The van der Waals surface area contributed by atoms with Gasteiger partial charge in [0.25, 0.3) is 0 Å². The maximum Gasteiger partial charge on any atom is 0.243 e. The van der Waals surface area contributed by atoms with Gasteiger partial charge in [0.1, 0.15) is 0 Å². The molecule has 1 saturated heterocycles. The number of nitrogens with zero attached hydrogens (tertiary/aromatic N) is 1. The van der Waals surface area contributed by atoms with Crippen molar-refractivity contribution in [2.24, 2.45) is 0 Å². The van der Waals surface area contributed by atoms with Crippen molar-refractivity contribution in [3.63, 3.8) is 0 Å². The highest BCUT2D eigenvalue weighted by Crippen LogP contribution is 2.21. The second-order valence-corrected chi connectivity index (χ2v) is 9.19. The normalized spacial score (nSPS) is 19.7. The van der Waals surface area contributed by atoms with E-state index in [4.69, 9.17) is 0 Å². The predicted molar refractivity (Wildman–Crippen MR) is 107 cm³/mol. The van der Waals surface area contributed by atoms with Crippen molar-refractivity contribution in [2.75, 3.05) is 13.1 Å². The summed E-state index contributed by atoms with van der Waals surface area (Å²) in [5.74, 6) is 0. The summed E-state index contributed by atoms with van der Waals surface area (Å²) in [5.41, 5.74) is 0.984. The number of hydrogen-bond acceptors (Lipinski definition) is 3. The number of sulfonamides is 1. The van der Waals surface area contributed by atoms with Gasteiger partial charge in [-0.15, -0.1) is 0 Å². The van der Waals surface area contributed by atoms with Crippen LogP contribution < -0.4 is 5.32 Å². The Bertz CT molecular complexity index is 653. The molecule has 1 aromatic rings. The van der Waals surface area contributed by atoms with E-state index in [9.17, 15) is 13.2 Å². The Morgan fingerprint density at radius 1 is 1.04 bits per heavy atom. The van der Waals surface area contributed by atoms with Gasteiger partial charge in [-0.3, -0.25) is 4.79 Å². The van der Waals surface area contributed by atoms with Gasteiger partial charge in [0.05, 0.1) is 4.90 Å². The van der Waals surface area contributed by atoms with Crippen molar-refractivity contribution in [3.05, 3.63) is 29.8 Å². The number of rotatable bonds is 4. The van der Waals surface area contributed by atoms with E-state index in [1.807, 2.05) is 13.0 Å². The molecular weight excluding hydrogens is 348 g/mol. The number of hydrogen-bond donors (Lipinski definition) is 1. The Morgan fingerprint density at radius 3 is 2.23 bits per heavy atom. The fraction of sp³-hybridized carbons (Fsp3) is 0.650. The molecule has 1 aromatic carbocycles. The number of carbonyl (C=O) groups excluding carboxylic acids is 1. The summed E-state index contributed by atoms with van der Waals surface area (Å²) in [5, 5.41) is 2.84. The van der Waals surface area contributed by atoms with E-state index in [-0.39, 0.29) is 1.43 Å². The third-order valence-corrected chi connectivity index (χ3v) is 7.00. The third-order valence-electron chi connectivity index (χ3n) is 5.10. The molecule has 148 valence electrons. The van der Waals surface area contributed by atoms with Crippen LogP contribution in [0.15, 0.2) is 29.2 Å². The molecular formula is C20H34N2O3S. The number of benzene rings is 1. The summed E-state index contributed by atoms with van der Waals surface area (Å²) in [6.07, 6.45) is 11.5. The minimum absolute atomic E-state index is 0. The topological polar surface area (TPSA) is 66.5 Å². The lowest BCUT2D eigenvalue weighted by Gasteiger charge is -2.25. The van der Waals surface area contributed by atoms with Crippen LogP contribution in [0.2, 0.25) is 0 Å². The van der Waals surface area contributed by atoms with Gasteiger partial charge in [-0.2, -0.15) is 4.31 Å². The second-order valence-electron chi connectivity index (χ2n) is 7.25. The summed E-state index contributed by atoms with van der Waals surface area (Å²) in [6.45, 7) is 3.24. The zero-order valence-electron chi connectivity index (χ0n) is 15.8. The maximum absolute atomic E-state index is 12.3. The SMILES string of the molecule is Cc1cccc(S(=O)(=O)N2CCCCC2)c1.O=CNC1CCCCCC1.[HH]. The number of aryl methyl sites for hydroxylation is 1. The minimum Gasteiger partial charge on any atom is -0.356 e. The highest BCUT2D eigenvalue weighted by atomic mass is 32.2. The average Bonchev–Trinajstić information content (AvgIpc) is 2.92. The van der Waals surface area contributed by atoms with E-state index in [0.717, 1.165) is 31.2 Å². The van der Waals surface area contributed by atoms with Crippen molar-refractivity contribution < 1.29 is 14.6 Å². The van der Waals surface area contributed by atoms with Crippen LogP contribution in [-0.2, 0) is 14.8 Å². The summed E-state index contributed by atoms with van der Waals surface area (Å²) >= 11 is 0. The summed E-state index contributed by atoms with van der Waals surface area (Å²) in [7, 11) is -3.25. The molecule has 5 nitrogen and oxygen atoms in total. The van der Waals surface area contributed by atoms with Gasteiger partial charge in [0, 0.05) is 20.6 Å².